The Bertz CT molecular complexity index is 1130. The molecule has 4 aromatic rings. The molecule has 4 rings (SSSR count). The number of aromatic nitrogens is 4. The van der Waals surface area contributed by atoms with Gasteiger partial charge in [0.15, 0.2) is 0 Å². The molecule has 0 unspecified atom stereocenters. The largest absolute Gasteiger partial charge is 0.326 e. The molecule has 0 atom stereocenters. The topological polar surface area (TPSA) is 81.8 Å². The molecule has 7 nitrogen and oxygen atoms in total. The summed E-state index contributed by atoms with van der Waals surface area (Å²) >= 11 is 0. The second-order valence-electron chi connectivity index (χ2n) is 6.04. The summed E-state index contributed by atoms with van der Waals surface area (Å²) < 4.78 is 3.43. The predicted molar refractivity (Wildman–Crippen MR) is 103 cm³/mol. The molecular formula is C20H17N5O2. The molecule has 0 aliphatic heterocycles. The van der Waals surface area contributed by atoms with E-state index in [4.69, 9.17) is 0 Å². The van der Waals surface area contributed by atoms with E-state index >= 15 is 0 Å². The van der Waals surface area contributed by atoms with Crippen molar-refractivity contribution in [3.05, 3.63) is 83.4 Å². The molecule has 2 heterocycles. The normalized spacial score (nSPS) is 10.8. The van der Waals surface area contributed by atoms with Crippen LogP contribution in [-0.4, -0.2) is 25.5 Å². The van der Waals surface area contributed by atoms with Gasteiger partial charge in [0.05, 0.1) is 23.9 Å². The van der Waals surface area contributed by atoms with Crippen LogP contribution in [0, 0.1) is 0 Å². The number of nitrogens with zero attached hydrogens (tertiary/aromatic N) is 4. The van der Waals surface area contributed by atoms with Gasteiger partial charge in [0.2, 0.25) is 11.3 Å². The first-order valence-electron chi connectivity index (χ1n) is 8.55. The highest BCUT2D eigenvalue weighted by Crippen LogP contribution is 2.13. The van der Waals surface area contributed by atoms with Crippen LogP contribution in [0.3, 0.4) is 0 Å². The molecule has 0 saturated heterocycles. The zero-order valence-electron chi connectivity index (χ0n) is 14.4. The van der Waals surface area contributed by atoms with E-state index in [9.17, 15) is 9.59 Å². The van der Waals surface area contributed by atoms with Crippen LogP contribution >= 0.6 is 0 Å². The van der Waals surface area contributed by atoms with Crippen molar-refractivity contribution in [3.8, 4) is 5.69 Å². The van der Waals surface area contributed by atoms with Crippen LogP contribution in [0.25, 0.3) is 16.6 Å². The first-order valence-corrected chi connectivity index (χ1v) is 8.55. The van der Waals surface area contributed by atoms with Gasteiger partial charge in [-0.25, -0.2) is 4.68 Å². The van der Waals surface area contributed by atoms with Gasteiger partial charge in [-0.3, -0.25) is 14.3 Å². The van der Waals surface area contributed by atoms with Crippen LogP contribution < -0.4 is 10.7 Å². The number of para-hydroxylation sites is 1. The Morgan fingerprint density at radius 2 is 1.81 bits per heavy atom. The molecule has 0 fully saturated rings. The van der Waals surface area contributed by atoms with Crippen LogP contribution in [0.4, 0.5) is 5.69 Å². The van der Waals surface area contributed by atoms with Gasteiger partial charge in [-0.1, -0.05) is 12.1 Å². The number of fused-ring (bicyclic) bond motifs is 1. The number of anilines is 1. The second kappa shape index (κ2) is 7.25. The van der Waals surface area contributed by atoms with Crippen LogP contribution in [0.2, 0.25) is 0 Å². The predicted octanol–water partition coefficient (Wildman–Crippen LogP) is 2.61. The summed E-state index contributed by atoms with van der Waals surface area (Å²) in [5, 5.41) is 11.8. The first-order chi connectivity index (χ1) is 13.2. The summed E-state index contributed by atoms with van der Waals surface area (Å²) in [5.41, 5.74) is 2.24. The number of benzene rings is 2. The number of carbonyl (C=O) groups excluding carboxylic acids is 1. The molecule has 1 amide bonds. The average Bonchev–Trinajstić information content (AvgIpc) is 3.23. The Kier molecular flexibility index (Phi) is 4.49. The maximum absolute atomic E-state index is 12.3. The summed E-state index contributed by atoms with van der Waals surface area (Å²) in [7, 11) is 0. The van der Waals surface area contributed by atoms with Crippen molar-refractivity contribution in [3.63, 3.8) is 0 Å². The number of hydrogen-bond acceptors (Lipinski definition) is 4. The van der Waals surface area contributed by atoms with Gasteiger partial charge < -0.3 is 5.32 Å². The molecule has 0 aliphatic rings. The maximum Gasteiger partial charge on any atom is 0.226 e. The van der Waals surface area contributed by atoms with Crippen molar-refractivity contribution >= 4 is 22.5 Å². The van der Waals surface area contributed by atoms with E-state index in [-0.39, 0.29) is 17.8 Å². The van der Waals surface area contributed by atoms with Crippen molar-refractivity contribution in [2.75, 3.05) is 5.32 Å². The highest BCUT2D eigenvalue weighted by atomic mass is 16.1. The molecule has 0 bridgehead atoms. The summed E-state index contributed by atoms with van der Waals surface area (Å²) in [6.45, 7) is 0.387. The monoisotopic (exact) mass is 359 g/mol. The number of hydrogen-bond donors (Lipinski definition) is 1. The minimum atomic E-state index is -0.122. The van der Waals surface area contributed by atoms with Crippen LogP contribution in [0.1, 0.15) is 6.42 Å². The summed E-state index contributed by atoms with van der Waals surface area (Å²) in [6, 6.07) is 16.6. The molecular weight excluding hydrogens is 342 g/mol. The third-order valence-electron chi connectivity index (χ3n) is 4.23. The lowest BCUT2D eigenvalue weighted by Gasteiger charge is -2.10. The molecule has 0 spiro atoms. The highest BCUT2D eigenvalue weighted by molar-refractivity contribution is 5.90. The lowest BCUT2D eigenvalue weighted by Crippen LogP contribution is -2.18. The maximum atomic E-state index is 12.3. The van der Waals surface area contributed by atoms with Gasteiger partial charge in [-0.2, -0.15) is 10.2 Å². The fraction of sp³-hybridized carbons (Fsp3) is 0.100. The fourth-order valence-electron chi connectivity index (χ4n) is 2.89. The molecule has 134 valence electrons. The summed E-state index contributed by atoms with van der Waals surface area (Å²) in [4.78, 5) is 24.1. The number of carbonyl (C=O) groups is 1. The number of amides is 1. The molecule has 0 aliphatic carbocycles. The van der Waals surface area contributed by atoms with E-state index in [1.165, 1.54) is 6.20 Å². The Hall–Kier alpha value is -3.74. The van der Waals surface area contributed by atoms with Gasteiger partial charge in [0.1, 0.15) is 0 Å². The molecule has 1 N–H and O–H groups in total. The van der Waals surface area contributed by atoms with Crippen LogP contribution in [-0.2, 0) is 11.3 Å². The molecule has 2 aromatic heterocycles. The number of nitrogens with one attached hydrogen (secondary N) is 1. The molecule has 0 radical (unpaired) electrons. The van der Waals surface area contributed by atoms with Crippen molar-refractivity contribution in [2.45, 2.75) is 13.0 Å². The van der Waals surface area contributed by atoms with Gasteiger partial charge in [-0.05, 0) is 42.5 Å². The third-order valence-corrected chi connectivity index (χ3v) is 4.23. The van der Waals surface area contributed by atoms with Crippen LogP contribution in [0.5, 0.6) is 0 Å². The average molecular weight is 359 g/mol. The van der Waals surface area contributed by atoms with Crippen LogP contribution in [0.15, 0.2) is 78.0 Å². The van der Waals surface area contributed by atoms with E-state index < -0.39 is 0 Å². The van der Waals surface area contributed by atoms with E-state index in [1.54, 1.807) is 21.6 Å². The molecule has 27 heavy (non-hydrogen) atoms. The number of rotatable bonds is 5. The highest BCUT2D eigenvalue weighted by Gasteiger charge is 2.07. The lowest BCUT2D eigenvalue weighted by molar-refractivity contribution is -0.116. The minimum absolute atomic E-state index is 0.119. The van der Waals surface area contributed by atoms with Crippen molar-refractivity contribution < 1.29 is 4.79 Å². The van der Waals surface area contributed by atoms with Crippen molar-refractivity contribution in [1.29, 1.82) is 0 Å². The summed E-state index contributed by atoms with van der Waals surface area (Å²) in [5.74, 6) is -0.119. The van der Waals surface area contributed by atoms with Crippen molar-refractivity contribution in [1.82, 2.24) is 19.6 Å². The van der Waals surface area contributed by atoms with Gasteiger partial charge in [0.25, 0.3) is 0 Å². The van der Waals surface area contributed by atoms with Gasteiger partial charge >= 0.3 is 0 Å². The third kappa shape index (κ3) is 3.62. The smallest absolute Gasteiger partial charge is 0.226 e. The zero-order valence-corrected chi connectivity index (χ0v) is 14.4. The quantitative estimate of drug-likeness (QED) is 0.594. The van der Waals surface area contributed by atoms with E-state index in [2.05, 4.69) is 15.5 Å². The summed E-state index contributed by atoms with van der Waals surface area (Å²) in [6.07, 6.45) is 5.11. The SMILES string of the molecule is O=C(CCn1ncc(=O)c2ccccc21)Nc1ccc(-n2cccn2)cc1. The van der Waals surface area contributed by atoms with E-state index in [0.29, 0.717) is 17.6 Å². The molecule has 7 heteroatoms. The first kappa shape index (κ1) is 16.7. The van der Waals surface area contributed by atoms with Crippen molar-refractivity contribution in [2.24, 2.45) is 0 Å². The Labute approximate surface area is 154 Å². The minimum Gasteiger partial charge on any atom is -0.326 e. The Morgan fingerprint density at radius 3 is 2.59 bits per heavy atom. The second-order valence-corrected chi connectivity index (χ2v) is 6.04. The number of aryl methyl sites for hydroxylation is 1. The van der Waals surface area contributed by atoms with Gasteiger partial charge in [0, 0.05) is 29.9 Å². The Morgan fingerprint density at radius 1 is 1.00 bits per heavy atom. The zero-order chi connectivity index (χ0) is 18.6. The molecule has 2 aromatic carbocycles. The van der Waals surface area contributed by atoms with Gasteiger partial charge in [-0.15, -0.1) is 0 Å². The van der Waals surface area contributed by atoms with E-state index in [0.717, 1.165) is 11.2 Å². The van der Waals surface area contributed by atoms with E-state index in [1.807, 2.05) is 54.7 Å². The standard InChI is InChI=1S/C20H17N5O2/c26-19-14-22-25(18-5-2-1-4-17(18)19)13-10-20(27)23-15-6-8-16(9-7-15)24-12-3-11-21-24/h1-9,11-12,14H,10,13H2,(H,23,27). The fourth-order valence-corrected chi connectivity index (χ4v) is 2.89. The Balaban J connectivity index is 1.42. The molecule has 0 saturated carbocycles. The lowest BCUT2D eigenvalue weighted by atomic mass is 10.2.